The van der Waals surface area contributed by atoms with Gasteiger partial charge < -0.3 is 4.74 Å². The molecule has 4 atom stereocenters. The summed E-state index contributed by atoms with van der Waals surface area (Å²) in [6.07, 6.45) is -1.65. The Balaban J connectivity index is 1.45. The number of ether oxygens (including phenoxy) is 1. The molecule has 2 fully saturated rings. The second-order valence-corrected chi connectivity index (χ2v) is 8.30. The number of rotatable bonds is 4. The van der Waals surface area contributed by atoms with Crippen molar-refractivity contribution in [3.63, 3.8) is 0 Å². The van der Waals surface area contributed by atoms with Crippen molar-refractivity contribution in [2.45, 2.75) is 31.4 Å². The van der Waals surface area contributed by atoms with Gasteiger partial charge in [0.25, 0.3) is 5.56 Å². The smallest absolute Gasteiger partial charge is 0.349 e. The first-order chi connectivity index (χ1) is 13.7. The number of nitrogens with zero attached hydrogens (tertiary/aromatic N) is 1. The molecule has 2 aliphatic rings. The molecule has 1 aromatic carbocycles. The van der Waals surface area contributed by atoms with E-state index in [0.29, 0.717) is 6.07 Å². The van der Waals surface area contributed by atoms with E-state index in [1.807, 2.05) is 4.98 Å². The van der Waals surface area contributed by atoms with Gasteiger partial charge in [-0.3, -0.25) is 23.4 Å². The summed E-state index contributed by atoms with van der Waals surface area (Å²) in [5.41, 5.74) is -1.95. The summed E-state index contributed by atoms with van der Waals surface area (Å²) >= 11 is 0. The van der Waals surface area contributed by atoms with Crippen LogP contribution in [-0.2, 0) is 24.9 Å². The summed E-state index contributed by atoms with van der Waals surface area (Å²) in [5, 5.41) is 2.49. The Bertz CT molecular complexity index is 1110. The van der Waals surface area contributed by atoms with Crippen LogP contribution in [0.4, 0.5) is 13.2 Å². The van der Waals surface area contributed by atoms with Crippen LogP contribution in [-0.4, -0.2) is 28.4 Å². The van der Waals surface area contributed by atoms with Gasteiger partial charge in [-0.25, -0.2) is 23.2 Å². The first-order valence-electron chi connectivity index (χ1n) is 8.52. The molecule has 0 bridgehead atoms. The lowest BCUT2D eigenvalue weighted by atomic mass is 10.2. The van der Waals surface area contributed by atoms with Gasteiger partial charge in [0.15, 0.2) is 0 Å². The van der Waals surface area contributed by atoms with Gasteiger partial charge in [0.05, 0.1) is 12.8 Å². The van der Waals surface area contributed by atoms with E-state index < -0.39 is 54.9 Å². The number of H-pyrrole nitrogens is 1. The largest absolute Gasteiger partial charge is 0.406 e. The Labute approximate surface area is 161 Å². The number of halogens is 3. The molecule has 1 aromatic heterocycles. The maximum absolute atomic E-state index is 13.7. The summed E-state index contributed by atoms with van der Waals surface area (Å²) < 4.78 is 70.1. The third-order valence-corrected chi connectivity index (χ3v) is 6.16. The number of fused-ring (bicyclic) bond motifs is 1. The average molecular weight is 433 g/mol. The molecule has 156 valence electrons. The minimum absolute atomic E-state index is 0.0377. The van der Waals surface area contributed by atoms with Gasteiger partial charge in [-0.15, -0.1) is 0 Å². The monoisotopic (exact) mass is 433 g/mol. The van der Waals surface area contributed by atoms with Crippen molar-refractivity contribution in [1.29, 1.82) is 0 Å². The van der Waals surface area contributed by atoms with Gasteiger partial charge in [0.1, 0.15) is 30.1 Å². The quantitative estimate of drug-likeness (QED) is 0.704. The number of benzene rings is 1. The van der Waals surface area contributed by atoms with Crippen molar-refractivity contribution < 1.29 is 31.5 Å². The minimum atomic E-state index is -3.84. The van der Waals surface area contributed by atoms with Crippen LogP contribution in [0.1, 0.15) is 18.2 Å². The molecule has 0 radical (unpaired) electrons. The summed E-state index contributed by atoms with van der Waals surface area (Å²) in [7, 11) is -3.84. The molecule has 2 saturated heterocycles. The van der Waals surface area contributed by atoms with Gasteiger partial charge in [-0.1, -0.05) is 6.07 Å². The third-order valence-electron chi connectivity index (χ3n) is 4.58. The lowest BCUT2D eigenvalue weighted by Crippen LogP contribution is -2.36. The standard InChI is InChI=1S/C16H15F3N3O6P/c17-9-2-1-8(10(18)3-9)5-20-29(25)26-7-13-12(28-29)4-14(27-13)22-6-11(19)15(23)21-16(22)24/h1-3,6,12-14H,4-5,7H2,(H,20,25)(H,21,23,24)/t12-,13+,14+,29?/m0/s1. The molecule has 0 spiro atoms. The number of aromatic amines is 1. The summed E-state index contributed by atoms with van der Waals surface area (Å²) in [6, 6.07) is 2.95. The van der Waals surface area contributed by atoms with Crippen LogP contribution >= 0.6 is 7.75 Å². The van der Waals surface area contributed by atoms with Gasteiger partial charge in [-0.2, -0.15) is 4.39 Å². The first kappa shape index (κ1) is 20.0. The van der Waals surface area contributed by atoms with E-state index in [1.165, 1.54) is 6.07 Å². The van der Waals surface area contributed by atoms with Crippen molar-refractivity contribution in [2.75, 3.05) is 6.61 Å². The fourth-order valence-electron chi connectivity index (χ4n) is 3.12. The average Bonchev–Trinajstić information content (AvgIpc) is 3.06. The molecular formula is C16H15F3N3O6P. The molecule has 1 unspecified atom stereocenters. The van der Waals surface area contributed by atoms with E-state index in [-0.39, 0.29) is 25.1 Å². The second-order valence-electron chi connectivity index (χ2n) is 6.52. The SMILES string of the molecule is O=c1[nH]c(=O)n([C@H]2C[C@@H]3OP(=O)(NCc4ccc(F)cc4F)OC[C@H]3O2)cc1F. The Morgan fingerprint density at radius 3 is 2.76 bits per heavy atom. The number of hydrogen-bond acceptors (Lipinski definition) is 6. The Morgan fingerprint density at radius 1 is 1.21 bits per heavy atom. The Hall–Kier alpha value is -2.24. The summed E-state index contributed by atoms with van der Waals surface area (Å²) in [5.74, 6) is -2.72. The summed E-state index contributed by atoms with van der Waals surface area (Å²) in [4.78, 5) is 24.9. The molecule has 0 amide bonds. The highest BCUT2D eigenvalue weighted by Crippen LogP contribution is 2.52. The van der Waals surface area contributed by atoms with Crippen LogP contribution in [0, 0.1) is 17.5 Å². The van der Waals surface area contributed by atoms with Crippen LogP contribution in [0.3, 0.4) is 0 Å². The van der Waals surface area contributed by atoms with Gasteiger partial charge in [0.2, 0.25) is 5.82 Å². The molecular weight excluding hydrogens is 418 g/mol. The lowest BCUT2D eigenvalue weighted by Gasteiger charge is -2.30. The van der Waals surface area contributed by atoms with Crippen LogP contribution in [0.2, 0.25) is 0 Å². The predicted molar refractivity (Wildman–Crippen MR) is 91.4 cm³/mol. The maximum atomic E-state index is 13.7. The molecule has 9 nitrogen and oxygen atoms in total. The predicted octanol–water partition coefficient (Wildman–Crippen LogP) is 1.55. The molecule has 13 heteroatoms. The van der Waals surface area contributed by atoms with Crippen molar-refractivity contribution in [1.82, 2.24) is 14.6 Å². The fourth-order valence-corrected chi connectivity index (χ4v) is 4.63. The molecule has 3 heterocycles. The Kier molecular flexibility index (Phi) is 5.21. The Morgan fingerprint density at radius 2 is 2.00 bits per heavy atom. The van der Waals surface area contributed by atoms with Crippen molar-refractivity contribution in [2.24, 2.45) is 0 Å². The fraction of sp³-hybridized carbons (Fsp3) is 0.375. The van der Waals surface area contributed by atoms with Gasteiger partial charge in [-0.05, 0) is 6.07 Å². The van der Waals surface area contributed by atoms with Crippen LogP contribution in [0.5, 0.6) is 0 Å². The van der Waals surface area contributed by atoms with Crippen LogP contribution in [0.25, 0.3) is 0 Å². The number of aromatic nitrogens is 2. The minimum Gasteiger partial charge on any atom is -0.349 e. The lowest BCUT2D eigenvalue weighted by molar-refractivity contribution is -0.0604. The van der Waals surface area contributed by atoms with Crippen LogP contribution < -0.4 is 16.3 Å². The third kappa shape index (κ3) is 4.07. The molecule has 0 saturated carbocycles. The van der Waals surface area contributed by atoms with Crippen molar-refractivity contribution in [3.05, 3.63) is 68.2 Å². The zero-order valence-electron chi connectivity index (χ0n) is 14.6. The van der Waals surface area contributed by atoms with Crippen molar-refractivity contribution >= 4 is 7.75 Å². The van der Waals surface area contributed by atoms with E-state index in [9.17, 15) is 27.3 Å². The zero-order valence-corrected chi connectivity index (χ0v) is 15.5. The van der Waals surface area contributed by atoms with Gasteiger partial charge >= 0.3 is 13.4 Å². The molecule has 2 aliphatic heterocycles. The van der Waals surface area contributed by atoms with E-state index >= 15 is 0 Å². The van der Waals surface area contributed by atoms with Crippen molar-refractivity contribution in [3.8, 4) is 0 Å². The maximum Gasteiger partial charge on any atom is 0.406 e. The molecule has 29 heavy (non-hydrogen) atoms. The van der Waals surface area contributed by atoms with Gasteiger partial charge in [0, 0.05) is 24.6 Å². The van der Waals surface area contributed by atoms with Crippen LogP contribution in [0.15, 0.2) is 34.0 Å². The normalized spacial score (nSPS) is 29.0. The van der Waals surface area contributed by atoms with E-state index in [1.54, 1.807) is 0 Å². The van der Waals surface area contributed by atoms with E-state index in [0.717, 1.165) is 16.8 Å². The zero-order chi connectivity index (χ0) is 20.8. The molecule has 2 N–H and O–H groups in total. The van der Waals surface area contributed by atoms with E-state index in [2.05, 4.69) is 5.09 Å². The molecule has 4 rings (SSSR count). The van der Waals surface area contributed by atoms with E-state index in [4.69, 9.17) is 13.8 Å². The second kappa shape index (κ2) is 7.54. The molecule has 2 aromatic rings. The summed E-state index contributed by atoms with van der Waals surface area (Å²) in [6.45, 7) is -0.395. The first-order valence-corrected chi connectivity index (χ1v) is 10.1. The highest BCUT2D eigenvalue weighted by molar-refractivity contribution is 7.51. The highest BCUT2D eigenvalue weighted by Gasteiger charge is 2.47. The topological polar surface area (TPSA) is 112 Å². The molecule has 0 aliphatic carbocycles. The highest BCUT2D eigenvalue weighted by atomic mass is 31.2. The number of nitrogens with one attached hydrogen (secondary N) is 2. The number of hydrogen-bond donors (Lipinski definition) is 2.